The van der Waals surface area contributed by atoms with Crippen molar-refractivity contribution in [1.29, 1.82) is 0 Å². The van der Waals surface area contributed by atoms with Crippen LogP contribution < -0.4 is 5.32 Å². The molecule has 24 heavy (non-hydrogen) atoms. The average molecular weight is 467 g/mol. The highest BCUT2D eigenvalue weighted by Crippen LogP contribution is 2.39. The van der Waals surface area contributed by atoms with Crippen LogP contribution in [0, 0.1) is 9.39 Å². The molecule has 0 saturated heterocycles. The van der Waals surface area contributed by atoms with Crippen LogP contribution >= 0.6 is 22.6 Å². The van der Waals surface area contributed by atoms with E-state index >= 15 is 0 Å². The molecule has 0 bridgehead atoms. The van der Waals surface area contributed by atoms with E-state index in [4.69, 9.17) is 5.11 Å². The number of nitrogens with zero attached hydrogens (tertiary/aromatic N) is 2. The van der Waals surface area contributed by atoms with Gasteiger partial charge in [0.25, 0.3) is 0 Å². The van der Waals surface area contributed by atoms with Crippen molar-refractivity contribution in [3.05, 3.63) is 33.1 Å². The van der Waals surface area contributed by atoms with E-state index in [-0.39, 0.29) is 17.2 Å². The fraction of sp³-hybridized carbons (Fsp3) is 0.467. The summed E-state index contributed by atoms with van der Waals surface area (Å²) in [5, 5.41) is 11.3. The summed E-state index contributed by atoms with van der Waals surface area (Å²) in [5.41, 5.74) is -0.916. The average Bonchev–Trinajstić information content (AvgIpc) is 2.47. The molecule has 1 aromatic rings. The Balaban J connectivity index is 2.77. The van der Waals surface area contributed by atoms with Crippen LogP contribution in [-0.4, -0.2) is 38.8 Å². The summed E-state index contributed by atoms with van der Waals surface area (Å²) >= 11 is 2.06. The van der Waals surface area contributed by atoms with Gasteiger partial charge in [-0.05, 0) is 61.6 Å². The molecule has 1 aromatic carbocycles. The molecule has 0 spiro atoms. The molecule has 0 aromatic heterocycles. The number of nitrogens with one attached hydrogen (secondary N) is 1. The molecule has 0 saturated carbocycles. The first kappa shape index (κ1) is 19.1. The number of aliphatic imine (C=N–C) groups is 1. The van der Waals surface area contributed by atoms with Crippen LogP contribution in [0.5, 0.6) is 0 Å². The van der Waals surface area contributed by atoms with Gasteiger partial charge in [0.1, 0.15) is 21.9 Å². The maximum absolute atomic E-state index is 14.4. The van der Waals surface area contributed by atoms with Crippen molar-refractivity contribution in [2.75, 3.05) is 12.8 Å². The van der Waals surface area contributed by atoms with Gasteiger partial charge in [0, 0.05) is 16.2 Å². The van der Waals surface area contributed by atoms with Crippen molar-refractivity contribution < 1.29 is 18.5 Å². The minimum Gasteiger partial charge on any atom is -0.465 e. The fourth-order valence-corrected chi connectivity index (χ4v) is 5.57. The van der Waals surface area contributed by atoms with Gasteiger partial charge in [-0.3, -0.25) is 10.3 Å². The van der Waals surface area contributed by atoms with Crippen LogP contribution in [-0.2, 0) is 15.3 Å². The number of rotatable bonds is 1. The molecule has 1 aliphatic rings. The molecule has 1 unspecified atom stereocenters. The number of benzene rings is 1. The Kier molecular flexibility index (Phi) is 4.97. The number of hydrogen-bond donors (Lipinski definition) is 2. The second kappa shape index (κ2) is 6.25. The van der Waals surface area contributed by atoms with Gasteiger partial charge >= 0.3 is 6.09 Å². The van der Waals surface area contributed by atoms with E-state index in [0.717, 1.165) is 3.57 Å². The fourth-order valence-electron chi connectivity index (χ4n) is 2.75. The molecule has 6 nitrogen and oxygen atoms in total. The molecule has 9 heteroatoms. The third kappa shape index (κ3) is 3.15. The Labute approximate surface area is 154 Å². The highest BCUT2D eigenvalue weighted by Gasteiger charge is 2.49. The van der Waals surface area contributed by atoms with Crippen molar-refractivity contribution in [1.82, 2.24) is 5.32 Å². The lowest BCUT2D eigenvalue weighted by Crippen LogP contribution is -2.57. The van der Waals surface area contributed by atoms with Gasteiger partial charge in [-0.1, -0.05) is 0 Å². The summed E-state index contributed by atoms with van der Waals surface area (Å²) in [6, 6.07) is 4.58. The Morgan fingerprint density at radius 2 is 2.08 bits per heavy atom. The summed E-state index contributed by atoms with van der Waals surface area (Å²) in [7, 11) is -1.46. The summed E-state index contributed by atoms with van der Waals surface area (Å²) in [5.74, 6) is -0.447. The van der Waals surface area contributed by atoms with Gasteiger partial charge < -0.3 is 5.11 Å². The highest BCUT2D eigenvalue weighted by molar-refractivity contribution is 14.1. The molecular formula is C15H19FIN3O3S. The maximum Gasteiger partial charge on any atom is 0.410 e. The predicted molar refractivity (Wildman–Crippen MR) is 101 cm³/mol. The molecule has 0 fully saturated rings. The first-order valence-corrected chi connectivity index (χ1v) is 9.90. The Bertz CT molecular complexity index is 846. The smallest absolute Gasteiger partial charge is 0.410 e. The van der Waals surface area contributed by atoms with Crippen molar-refractivity contribution >= 4 is 44.2 Å². The number of halogens is 2. The van der Waals surface area contributed by atoms with E-state index < -0.39 is 31.9 Å². The van der Waals surface area contributed by atoms with E-state index in [1.807, 2.05) is 0 Å². The van der Waals surface area contributed by atoms with Gasteiger partial charge in [0.05, 0.1) is 15.5 Å². The van der Waals surface area contributed by atoms with Gasteiger partial charge in [-0.25, -0.2) is 17.8 Å². The lowest BCUT2D eigenvalue weighted by molar-refractivity contribution is 0.199. The largest absolute Gasteiger partial charge is 0.465 e. The standard InChI is InChI=1S/C15H19FIN3O3S/c1-14(2)12(19-13(21)22)20-15(3,8-24(14,23)18-4)10-7-9(17)5-6-11(10)16/h5-7H,8H2,1-4H3,(H,19,20)(H,21,22)/t15-,24?/m0/s1. The van der Waals surface area contributed by atoms with E-state index in [1.165, 1.54) is 13.1 Å². The number of carboxylic acid groups (broad SMARTS) is 1. The number of carbonyl (C=O) groups is 1. The van der Waals surface area contributed by atoms with Crippen LogP contribution in [0.3, 0.4) is 0 Å². The van der Waals surface area contributed by atoms with Gasteiger partial charge in [-0.15, -0.1) is 0 Å². The molecule has 1 heterocycles. The van der Waals surface area contributed by atoms with Crippen LogP contribution in [0.4, 0.5) is 9.18 Å². The first-order chi connectivity index (χ1) is 10.9. The van der Waals surface area contributed by atoms with Gasteiger partial charge in [0.15, 0.2) is 0 Å². The third-order valence-electron chi connectivity index (χ3n) is 4.23. The van der Waals surface area contributed by atoms with Gasteiger partial charge in [-0.2, -0.15) is 0 Å². The molecule has 2 N–H and O–H groups in total. The second-order valence-corrected chi connectivity index (χ2v) is 10.5. The number of amidine groups is 1. The first-order valence-electron chi connectivity index (χ1n) is 7.13. The lowest BCUT2D eigenvalue weighted by atomic mass is 9.93. The molecule has 132 valence electrons. The summed E-state index contributed by atoms with van der Waals surface area (Å²) in [6.45, 7) is 4.90. The molecule has 0 radical (unpaired) electrons. The van der Waals surface area contributed by atoms with Crippen molar-refractivity contribution in [2.45, 2.75) is 31.1 Å². The molecule has 1 aliphatic heterocycles. The zero-order valence-electron chi connectivity index (χ0n) is 13.8. The van der Waals surface area contributed by atoms with Crippen LogP contribution in [0.15, 0.2) is 27.6 Å². The van der Waals surface area contributed by atoms with Crippen LogP contribution in [0.2, 0.25) is 0 Å². The maximum atomic E-state index is 14.4. The Morgan fingerprint density at radius 1 is 1.46 bits per heavy atom. The SMILES string of the molecule is CN=S1(=O)C[C@@](C)(c2cc(I)ccc2F)N=C(NC(=O)O)C1(C)C. The van der Waals surface area contributed by atoms with Crippen LogP contribution in [0.25, 0.3) is 0 Å². The van der Waals surface area contributed by atoms with Crippen molar-refractivity contribution in [3.8, 4) is 0 Å². The minimum atomic E-state index is -2.89. The summed E-state index contributed by atoms with van der Waals surface area (Å²) < 4.78 is 31.6. The molecule has 0 aliphatic carbocycles. The van der Waals surface area contributed by atoms with Crippen molar-refractivity contribution in [2.24, 2.45) is 9.36 Å². The Hall–Kier alpha value is -1.23. The monoisotopic (exact) mass is 467 g/mol. The summed E-state index contributed by atoms with van der Waals surface area (Å²) in [4.78, 5) is 15.6. The number of amides is 1. The van der Waals surface area contributed by atoms with E-state index in [2.05, 4.69) is 37.3 Å². The topological polar surface area (TPSA) is 91.1 Å². The molecular weight excluding hydrogens is 448 g/mol. The second-order valence-electron chi connectivity index (χ2n) is 6.27. The van der Waals surface area contributed by atoms with Crippen LogP contribution in [0.1, 0.15) is 26.3 Å². The summed E-state index contributed by atoms with van der Waals surface area (Å²) in [6.07, 6.45) is -1.31. The normalized spacial score (nSPS) is 28.8. The highest BCUT2D eigenvalue weighted by atomic mass is 127. The van der Waals surface area contributed by atoms with E-state index in [0.29, 0.717) is 0 Å². The Morgan fingerprint density at radius 3 is 2.62 bits per heavy atom. The van der Waals surface area contributed by atoms with Crippen molar-refractivity contribution in [3.63, 3.8) is 0 Å². The van der Waals surface area contributed by atoms with E-state index in [9.17, 15) is 13.4 Å². The lowest BCUT2D eigenvalue weighted by Gasteiger charge is -2.41. The van der Waals surface area contributed by atoms with Gasteiger partial charge in [0.2, 0.25) is 0 Å². The zero-order valence-corrected chi connectivity index (χ0v) is 16.7. The third-order valence-corrected chi connectivity index (χ3v) is 8.23. The molecule has 2 rings (SSSR count). The predicted octanol–water partition coefficient (Wildman–Crippen LogP) is 3.20. The molecule has 1 amide bonds. The van der Waals surface area contributed by atoms with E-state index in [1.54, 1.807) is 32.9 Å². The zero-order chi connectivity index (χ0) is 18.3. The quantitative estimate of drug-likeness (QED) is 0.622. The molecule has 2 atom stereocenters. The number of hydrogen-bond acceptors (Lipinski definition) is 4. The minimum absolute atomic E-state index is 0.00527.